The van der Waals surface area contributed by atoms with Crippen LogP contribution in [-0.2, 0) is 9.59 Å². The number of hydrogen-bond acceptors (Lipinski definition) is 3. The fourth-order valence-electron chi connectivity index (χ4n) is 3.02. The van der Waals surface area contributed by atoms with Gasteiger partial charge in [0.05, 0.1) is 0 Å². The Morgan fingerprint density at radius 1 is 1.14 bits per heavy atom. The summed E-state index contributed by atoms with van der Waals surface area (Å²) in [6.07, 6.45) is 3.58. The van der Waals surface area contributed by atoms with E-state index >= 15 is 0 Å². The third-order valence-corrected chi connectivity index (χ3v) is 4.33. The van der Waals surface area contributed by atoms with Crippen LogP contribution in [0.15, 0.2) is 24.3 Å². The van der Waals surface area contributed by atoms with Crippen molar-refractivity contribution in [1.82, 2.24) is 10.2 Å². The first-order chi connectivity index (χ1) is 10.2. The first-order valence-corrected chi connectivity index (χ1v) is 7.57. The topological polar surface area (TPSA) is 52.6 Å². The van der Waals surface area contributed by atoms with Crippen LogP contribution in [0.5, 0.6) is 0 Å². The molecule has 21 heavy (non-hydrogen) atoms. The molecule has 1 atom stereocenters. The maximum atomic E-state index is 12.1. The summed E-state index contributed by atoms with van der Waals surface area (Å²) in [5, 5.41) is 3.51. The molecule has 0 aromatic heterocycles. The first-order valence-electron chi connectivity index (χ1n) is 7.57. The molecule has 2 amide bonds. The maximum Gasteiger partial charge on any atom is 0.316 e. The minimum Gasteiger partial charge on any atom is -0.336 e. The van der Waals surface area contributed by atoms with Crippen molar-refractivity contribution in [3.05, 3.63) is 29.8 Å². The van der Waals surface area contributed by atoms with Crippen molar-refractivity contribution in [1.29, 1.82) is 0 Å². The molecule has 1 unspecified atom stereocenters. The van der Waals surface area contributed by atoms with E-state index in [0.717, 1.165) is 18.7 Å². The van der Waals surface area contributed by atoms with E-state index in [-0.39, 0.29) is 0 Å². The number of carbonyl (C=O) groups excluding carboxylic acids is 2. The Morgan fingerprint density at radius 2 is 2.00 bits per heavy atom. The summed E-state index contributed by atoms with van der Waals surface area (Å²) in [7, 11) is 1.67. The molecule has 2 aliphatic heterocycles. The van der Waals surface area contributed by atoms with Crippen molar-refractivity contribution < 1.29 is 9.59 Å². The number of likely N-dealkylation sites (N-methyl/N-ethyl adjacent to an activating group) is 1. The van der Waals surface area contributed by atoms with Crippen LogP contribution in [0.25, 0.3) is 0 Å². The molecular weight excluding hydrogens is 266 g/mol. The predicted octanol–water partition coefficient (Wildman–Crippen LogP) is 1.31. The van der Waals surface area contributed by atoms with Gasteiger partial charge >= 0.3 is 11.8 Å². The normalized spacial score (nSPS) is 23.6. The van der Waals surface area contributed by atoms with Gasteiger partial charge in [-0.2, -0.15) is 0 Å². The molecule has 3 rings (SSSR count). The van der Waals surface area contributed by atoms with Gasteiger partial charge in [-0.05, 0) is 37.1 Å². The van der Waals surface area contributed by atoms with E-state index in [1.807, 2.05) is 18.2 Å². The zero-order chi connectivity index (χ0) is 14.8. The summed E-state index contributed by atoms with van der Waals surface area (Å²) in [6, 6.07) is 8.37. The second-order valence-electron chi connectivity index (χ2n) is 5.78. The van der Waals surface area contributed by atoms with Crippen LogP contribution in [-0.4, -0.2) is 43.4 Å². The van der Waals surface area contributed by atoms with Crippen molar-refractivity contribution in [3.63, 3.8) is 0 Å². The Balaban J connectivity index is 1.82. The monoisotopic (exact) mass is 287 g/mol. The highest BCUT2D eigenvalue weighted by Crippen LogP contribution is 2.27. The predicted molar refractivity (Wildman–Crippen MR) is 81.0 cm³/mol. The van der Waals surface area contributed by atoms with Gasteiger partial charge in [-0.15, -0.1) is 0 Å². The molecule has 1 N–H and O–H groups in total. The lowest BCUT2D eigenvalue weighted by atomic mass is 9.97. The van der Waals surface area contributed by atoms with E-state index < -0.39 is 11.8 Å². The zero-order valence-corrected chi connectivity index (χ0v) is 12.3. The molecular formula is C16H21N3O2. The van der Waals surface area contributed by atoms with Gasteiger partial charge in [-0.25, -0.2) is 0 Å². The number of carbonyl (C=O) groups is 2. The molecule has 1 aromatic rings. The molecule has 2 saturated heterocycles. The summed E-state index contributed by atoms with van der Waals surface area (Å²) in [4.78, 5) is 27.0. The molecule has 5 heteroatoms. The number of anilines is 1. The highest BCUT2D eigenvalue weighted by molar-refractivity contribution is 6.40. The van der Waals surface area contributed by atoms with Crippen molar-refractivity contribution in [3.8, 4) is 0 Å². The van der Waals surface area contributed by atoms with E-state index in [4.69, 9.17) is 0 Å². The molecule has 2 heterocycles. The fraction of sp³-hybridized carbons (Fsp3) is 0.500. The Bertz CT molecular complexity index is 552. The van der Waals surface area contributed by atoms with E-state index in [0.29, 0.717) is 19.1 Å². The Kier molecular flexibility index (Phi) is 3.92. The van der Waals surface area contributed by atoms with Gasteiger partial charge < -0.3 is 15.1 Å². The smallest absolute Gasteiger partial charge is 0.316 e. The number of rotatable bonds is 2. The molecule has 0 aliphatic carbocycles. The SMILES string of the molecule is CN1CCN(c2cccc(C3CCCCN3)c2)C(=O)C1=O. The molecule has 0 radical (unpaired) electrons. The Morgan fingerprint density at radius 3 is 2.76 bits per heavy atom. The van der Waals surface area contributed by atoms with Crippen LogP contribution in [0.2, 0.25) is 0 Å². The molecule has 0 bridgehead atoms. The van der Waals surface area contributed by atoms with Gasteiger partial charge in [-0.3, -0.25) is 9.59 Å². The lowest BCUT2D eigenvalue weighted by molar-refractivity contribution is -0.145. The first kappa shape index (κ1) is 14.1. The molecule has 0 saturated carbocycles. The van der Waals surface area contributed by atoms with Gasteiger partial charge in [0, 0.05) is 31.9 Å². The molecule has 112 valence electrons. The summed E-state index contributed by atoms with van der Waals surface area (Å²) in [5.74, 6) is -0.861. The van der Waals surface area contributed by atoms with Crippen molar-refractivity contribution in [2.45, 2.75) is 25.3 Å². The van der Waals surface area contributed by atoms with Gasteiger partial charge in [0.25, 0.3) is 0 Å². The molecule has 2 fully saturated rings. The summed E-state index contributed by atoms with van der Waals surface area (Å²) in [6.45, 7) is 2.18. The number of nitrogens with one attached hydrogen (secondary N) is 1. The second-order valence-corrected chi connectivity index (χ2v) is 5.78. The van der Waals surface area contributed by atoms with Crippen molar-refractivity contribution in [2.75, 3.05) is 31.6 Å². The van der Waals surface area contributed by atoms with Gasteiger partial charge in [0.1, 0.15) is 0 Å². The number of amides is 2. The number of hydrogen-bond donors (Lipinski definition) is 1. The quantitative estimate of drug-likeness (QED) is 0.834. The standard InChI is InChI=1S/C16H21N3O2/c1-18-9-10-19(16(21)15(18)20)13-6-4-5-12(11-13)14-7-2-3-8-17-14/h4-6,11,14,17H,2-3,7-10H2,1H3. The molecule has 0 spiro atoms. The minimum absolute atomic E-state index is 0.358. The van der Waals surface area contributed by atoms with E-state index in [2.05, 4.69) is 11.4 Å². The lowest BCUT2D eigenvalue weighted by Crippen LogP contribution is -2.53. The Hall–Kier alpha value is -1.88. The van der Waals surface area contributed by atoms with E-state index in [9.17, 15) is 9.59 Å². The molecule has 5 nitrogen and oxygen atoms in total. The minimum atomic E-state index is -0.433. The Labute approximate surface area is 124 Å². The van der Waals surface area contributed by atoms with Crippen molar-refractivity contribution in [2.24, 2.45) is 0 Å². The summed E-state index contributed by atoms with van der Waals surface area (Å²) < 4.78 is 0. The molecule has 2 aliphatic rings. The summed E-state index contributed by atoms with van der Waals surface area (Å²) >= 11 is 0. The third-order valence-electron chi connectivity index (χ3n) is 4.33. The maximum absolute atomic E-state index is 12.1. The zero-order valence-electron chi connectivity index (χ0n) is 12.3. The summed E-state index contributed by atoms with van der Waals surface area (Å²) in [5.41, 5.74) is 2.03. The van der Waals surface area contributed by atoms with Crippen LogP contribution >= 0.6 is 0 Å². The van der Waals surface area contributed by atoms with Crippen LogP contribution in [0, 0.1) is 0 Å². The number of piperazine rings is 1. The van der Waals surface area contributed by atoms with Gasteiger partial charge in [-0.1, -0.05) is 18.6 Å². The van der Waals surface area contributed by atoms with Gasteiger partial charge in [0.2, 0.25) is 0 Å². The van der Waals surface area contributed by atoms with Crippen molar-refractivity contribution >= 4 is 17.5 Å². The van der Waals surface area contributed by atoms with Crippen LogP contribution in [0.3, 0.4) is 0 Å². The van der Waals surface area contributed by atoms with Crippen LogP contribution < -0.4 is 10.2 Å². The lowest BCUT2D eigenvalue weighted by Gasteiger charge is -2.32. The average Bonchev–Trinajstić information content (AvgIpc) is 2.54. The fourth-order valence-corrected chi connectivity index (χ4v) is 3.02. The van der Waals surface area contributed by atoms with Gasteiger partial charge in [0.15, 0.2) is 0 Å². The van der Waals surface area contributed by atoms with E-state index in [1.54, 1.807) is 11.9 Å². The van der Waals surface area contributed by atoms with E-state index in [1.165, 1.54) is 23.3 Å². The number of nitrogens with zero attached hydrogens (tertiary/aromatic N) is 2. The molecule has 1 aromatic carbocycles. The number of piperidine rings is 1. The second kappa shape index (κ2) is 5.85. The highest BCUT2D eigenvalue weighted by Gasteiger charge is 2.31. The highest BCUT2D eigenvalue weighted by atomic mass is 16.2. The third kappa shape index (κ3) is 2.78. The van der Waals surface area contributed by atoms with Crippen LogP contribution in [0.4, 0.5) is 5.69 Å². The largest absolute Gasteiger partial charge is 0.336 e. The van der Waals surface area contributed by atoms with Crippen LogP contribution in [0.1, 0.15) is 30.9 Å². The number of benzene rings is 1. The average molecular weight is 287 g/mol.